The third kappa shape index (κ3) is 2.94. The molecule has 0 aliphatic heterocycles. The predicted molar refractivity (Wildman–Crippen MR) is 95.6 cm³/mol. The van der Waals surface area contributed by atoms with Crippen molar-refractivity contribution in [3.05, 3.63) is 64.1 Å². The van der Waals surface area contributed by atoms with Gasteiger partial charge in [-0.05, 0) is 36.2 Å². The van der Waals surface area contributed by atoms with Crippen LogP contribution in [0.5, 0.6) is 0 Å². The number of sulfonamides is 1. The molecule has 3 aromatic rings. The maximum Gasteiger partial charge on any atom is 0.328 e. The Morgan fingerprint density at radius 1 is 1.00 bits per heavy atom. The van der Waals surface area contributed by atoms with Crippen LogP contribution in [0.2, 0.25) is 0 Å². The number of nitrogens with one attached hydrogen (secondary N) is 1. The summed E-state index contributed by atoms with van der Waals surface area (Å²) >= 11 is 0. The number of aryl methyl sites for hydroxylation is 3. The van der Waals surface area contributed by atoms with Crippen molar-refractivity contribution < 1.29 is 8.42 Å². The zero-order chi connectivity index (χ0) is 17.5. The summed E-state index contributed by atoms with van der Waals surface area (Å²) in [5.41, 5.74) is 3.42. The van der Waals surface area contributed by atoms with E-state index in [1.165, 1.54) is 9.13 Å². The summed E-state index contributed by atoms with van der Waals surface area (Å²) in [7, 11) is -0.189. The number of anilines is 1. The van der Waals surface area contributed by atoms with Crippen molar-refractivity contribution in [3.63, 3.8) is 0 Å². The van der Waals surface area contributed by atoms with Gasteiger partial charge in [0.2, 0.25) is 10.0 Å². The van der Waals surface area contributed by atoms with Crippen molar-refractivity contribution in [2.24, 2.45) is 14.1 Å². The fraction of sp³-hybridized carbons (Fsp3) is 0.235. The van der Waals surface area contributed by atoms with Crippen LogP contribution in [0.25, 0.3) is 11.0 Å². The first kappa shape index (κ1) is 16.3. The first-order valence-electron chi connectivity index (χ1n) is 7.49. The fourth-order valence-corrected chi connectivity index (χ4v) is 4.05. The van der Waals surface area contributed by atoms with E-state index in [2.05, 4.69) is 4.72 Å². The molecule has 0 aliphatic rings. The highest BCUT2D eigenvalue weighted by Crippen LogP contribution is 2.20. The third-order valence-corrected chi connectivity index (χ3v) is 5.39. The first-order chi connectivity index (χ1) is 11.3. The summed E-state index contributed by atoms with van der Waals surface area (Å²) in [6.45, 7) is 1.89. The van der Waals surface area contributed by atoms with Gasteiger partial charge in [-0.3, -0.25) is 13.9 Å². The quantitative estimate of drug-likeness (QED) is 0.787. The Hall–Kier alpha value is -2.54. The molecular formula is C17H19N3O3S. The van der Waals surface area contributed by atoms with Crippen molar-refractivity contribution >= 4 is 26.7 Å². The van der Waals surface area contributed by atoms with E-state index in [1.54, 1.807) is 38.4 Å². The van der Waals surface area contributed by atoms with Crippen LogP contribution in [0.1, 0.15) is 11.1 Å². The van der Waals surface area contributed by atoms with Gasteiger partial charge in [-0.15, -0.1) is 0 Å². The van der Waals surface area contributed by atoms with Gasteiger partial charge in [-0.2, -0.15) is 0 Å². The van der Waals surface area contributed by atoms with Crippen LogP contribution in [0, 0.1) is 6.92 Å². The minimum absolute atomic E-state index is 0.0918. The summed E-state index contributed by atoms with van der Waals surface area (Å²) in [5.74, 6) is -0.0918. The molecule has 0 unspecified atom stereocenters. The maximum absolute atomic E-state index is 12.4. The van der Waals surface area contributed by atoms with Gasteiger partial charge in [0.15, 0.2) is 0 Å². The van der Waals surface area contributed by atoms with Crippen LogP contribution in [-0.2, 0) is 29.9 Å². The first-order valence-corrected chi connectivity index (χ1v) is 9.14. The number of nitrogens with zero attached hydrogens (tertiary/aromatic N) is 2. The van der Waals surface area contributed by atoms with Crippen molar-refractivity contribution in [1.82, 2.24) is 9.13 Å². The Morgan fingerprint density at radius 2 is 1.67 bits per heavy atom. The van der Waals surface area contributed by atoms with Gasteiger partial charge in [-0.25, -0.2) is 13.2 Å². The number of hydrogen-bond donors (Lipinski definition) is 1. The predicted octanol–water partition coefficient (Wildman–Crippen LogP) is 2.13. The number of aromatic nitrogens is 2. The van der Waals surface area contributed by atoms with E-state index in [1.807, 2.05) is 25.1 Å². The van der Waals surface area contributed by atoms with Gasteiger partial charge in [-0.1, -0.05) is 24.3 Å². The zero-order valence-electron chi connectivity index (χ0n) is 13.8. The average Bonchev–Trinajstić information content (AvgIpc) is 2.74. The average molecular weight is 345 g/mol. The third-order valence-electron chi connectivity index (χ3n) is 4.15. The molecule has 2 aromatic carbocycles. The van der Waals surface area contributed by atoms with Crippen molar-refractivity contribution in [3.8, 4) is 0 Å². The summed E-state index contributed by atoms with van der Waals surface area (Å²) in [6.07, 6.45) is 0. The largest absolute Gasteiger partial charge is 0.328 e. The van der Waals surface area contributed by atoms with Crippen LogP contribution < -0.4 is 10.4 Å². The maximum atomic E-state index is 12.4. The molecule has 0 saturated carbocycles. The highest BCUT2D eigenvalue weighted by Gasteiger charge is 2.15. The van der Waals surface area contributed by atoms with Gasteiger partial charge >= 0.3 is 5.69 Å². The Balaban J connectivity index is 1.93. The number of benzene rings is 2. The van der Waals surface area contributed by atoms with Crippen LogP contribution in [0.4, 0.5) is 5.69 Å². The highest BCUT2D eigenvalue weighted by atomic mass is 32.2. The van der Waals surface area contributed by atoms with E-state index >= 15 is 0 Å². The van der Waals surface area contributed by atoms with Gasteiger partial charge < -0.3 is 0 Å². The number of rotatable bonds is 4. The second-order valence-corrected chi connectivity index (χ2v) is 7.61. The molecule has 126 valence electrons. The molecule has 1 heterocycles. The zero-order valence-corrected chi connectivity index (χ0v) is 14.6. The van der Waals surface area contributed by atoms with Gasteiger partial charge in [0.05, 0.1) is 22.5 Å². The summed E-state index contributed by atoms with van der Waals surface area (Å²) in [6, 6.07) is 12.5. The second-order valence-electron chi connectivity index (χ2n) is 5.89. The molecule has 0 saturated heterocycles. The van der Waals surface area contributed by atoms with E-state index < -0.39 is 10.0 Å². The molecule has 0 aliphatic carbocycles. The summed E-state index contributed by atoms with van der Waals surface area (Å²) in [4.78, 5) is 12.0. The minimum Gasteiger partial charge on any atom is -0.295 e. The SMILES string of the molecule is Cc1ccccc1CS(=O)(=O)Nc1ccc2c(c1)n(C)c(=O)n2C. The van der Waals surface area contributed by atoms with E-state index in [0.717, 1.165) is 16.6 Å². The van der Waals surface area contributed by atoms with Gasteiger partial charge in [0, 0.05) is 14.1 Å². The van der Waals surface area contributed by atoms with Crippen molar-refractivity contribution in [2.45, 2.75) is 12.7 Å². The van der Waals surface area contributed by atoms with Crippen LogP contribution in [0.15, 0.2) is 47.3 Å². The normalized spacial score (nSPS) is 11.8. The monoisotopic (exact) mass is 345 g/mol. The molecule has 24 heavy (non-hydrogen) atoms. The number of imidazole rings is 1. The lowest BCUT2D eigenvalue weighted by molar-refractivity contribution is 0.600. The molecular weight excluding hydrogens is 326 g/mol. The minimum atomic E-state index is -3.54. The summed E-state index contributed by atoms with van der Waals surface area (Å²) in [5, 5.41) is 0. The lowest BCUT2D eigenvalue weighted by Crippen LogP contribution is -2.19. The van der Waals surface area contributed by atoms with Gasteiger partial charge in [0.1, 0.15) is 0 Å². The van der Waals surface area contributed by atoms with Crippen LogP contribution >= 0.6 is 0 Å². The molecule has 6 nitrogen and oxygen atoms in total. The lowest BCUT2D eigenvalue weighted by atomic mass is 10.1. The Morgan fingerprint density at radius 3 is 2.38 bits per heavy atom. The van der Waals surface area contributed by atoms with Crippen LogP contribution in [0.3, 0.4) is 0 Å². The summed E-state index contributed by atoms with van der Waals surface area (Å²) < 4.78 is 30.5. The van der Waals surface area contributed by atoms with E-state index in [4.69, 9.17) is 0 Å². The van der Waals surface area contributed by atoms with E-state index in [9.17, 15) is 13.2 Å². The Labute approximate surface area is 140 Å². The molecule has 1 N–H and O–H groups in total. The van der Waals surface area contributed by atoms with E-state index in [0.29, 0.717) is 11.2 Å². The molecule has 0 radical (unpaired) electrons. The molecule has 0 fully saturated rings. The molecule has 0 spiro atoms. The topological polar surface area (TPSA) is 73.1 Å². The molecule has 0 amide bonds. The van der Waals surface area contributed by atoms with Crippen molar-refractivity contribution in [2.75, 3.05) is 4.72 Å². The number of fused-ring (bicyclic) bond motifs is 1. The smallest absolute Gasteiger partial charge is 0.295 e. The highest BCUT2D eigenvalue weighted by molar-refractivity contribution is 7.91. The lowest BCUT2D eigenvalue weighted by Gasteiger charge is -2.10. The number of hydrogen-bond acceptors (Lipinski definition) is 3. The molecule has 7 heteroatoms. The molecule has 0 bridgehead atoms. The molecule has 1 aromatic heterocycles. The molecule has 3 rings (SSSR count). The van der Waals surface area contributed by atoms with E-state index in [-0.39, 0.29) is 11.4 Å². The van der Waals surface area contributed by atoms with Crippen molar-refractivity contribution in [1.29, 1.82) is 0 Å². The van der Waals surface area contributed by atoms with Crippen LogP contribution in [-0.4, -0.2) is 17.6 Å². The Bertz CT molecular complexity index is 1080. The second kappa shape index (κ2) is 5.83. The van der Waals surface area contributed by atoms with Gasteiger partial charge in [0.25, 0.3) is 0 Å². The standard InChI is InChI=1S/C17H19N3O3S/c1-12-6-4-5-7-13(12)11-24(22,23)18-14-8-9-15-16(10-14)20(3)17(21)19(15)2/h4-10,18H,11H2,1-3H3. The molecule has 0 atom stereocenters. The Kier molecular flexibility index (Phi) is 3.96. The fourth-order valence-electron chi connectivity index (χ4n) is 2.76.